The second kappa shape index (κ2) is 6.04. The Balaban J connectivity index is 3.61. The molecule has 1 aromatic carbocycles. The van der Waals surface area contributed by atoms with Crippen molar-refractivity contribution in [1.82, 2.24) is 0 Å². The van der Waals surface area contributed by atoms with E-state index in [1.165, 1.54) is 0 Å². The Morgan fingerprint density at radius 1 is 1.39 bits per heavy atom. The number of aromatic carboxylic acids is 1. The molecule has 0 fully saturated rings. The molecule has 18 heavy (non-hydrogen) atoms. The smallest absolute Gasteiger partial charge is 0.336 e. The quantitative estimate of drug-likeness (QED) is 0.899. The number of halogens is 2. The van der Waals surface area contributed by atoms with Crippen molar-refractivity contribution in [2.75, 3.05) is 5.75 Å². The van der Waals surface area contributed by atoms with Crippen LogP contribution in [0.15, 0.2) is 17.0 Å². The molecule has 1 rings (SSSR count). The van der Waals surface area contributed by atoms with Crippen molar-refractivity contribution in [2.24, 2.45) is 0 Å². The number of alkyl halides is 2. The van der Waals surface area contributed by atoms with Gasteiger partial charge < -0.3 is 5.11 Å². The van der Waals surface area contributed by atoms with Crippen LogP contribution in [0.4, 0.5) is 8.78 Å². The van der Waals surface area contributed by atoms with E-state index < -0.39 is 23.2 Å². The number of carboxylic acid groups (broad SMARTS) is 1. The summed E-state index contributed by atoms with van der Waals surface area (Å²) < 4.78 is 37.7. The Bertz CT molecular complexity index is 486. The molecule has 0 amide bonds. The van der Waals surface area contributed by atoms with Crippen LogP contribution in [0.25, 0.3) is 0 Å². The van der Waals surface area contributed by atoms with E-state index in [0.29, 0.717) is 0 Å². The molecule has 1 aromatic rings. The van der Waals surface area contributed by atoms with E-state index in [9.17, 15) is 17.8 Å². The van der Waals surface area contributed by atoms with Crippen LogP contribution in [0.1, 0.15) is 41.8 Å². The maximum absolute atomic E-state index is 12.9. The highest BCUT2D eigenvalue weighted by Gasteiger charge is 2.23. The summed E-state index contributed by atoms with van der Waals surface area (Å²) in [6, 6.07) is 2.20. The minimum Gasteiger partial charge on any atom is -0.478 e. The average Bonchev–Trinajstić information content (AvgIpc) is 2.35. The largest absolute Gasteiger partial charge is 0.478 e. The zero-order valence-electron chi connectivity index (χ0n) is 10.1. The summed E-state index contributed by atoms with van der Waals surface area (Å²) >= 11 is 0. The fourth-order valence-electron chi connectivity index (χ4n) is 1.78. The number of benzene rings is 1. The lowest BCUT2D eigenvalue weighted by atomic mass is 10.0. The van der Waals surface area contributed by atoms with Crippen molar-refractivity contribution in [1.29, 1.82) is 0 Å². The summed E-state index contributed by atoms with van der Waals surface area (Å²) in [5.74, 6) is -1.02. The van der Waals surface area contributed by atoms with Crippen molar-refractivity contribution in [3.05, 3.63) is 28.8 Å². The van der Waals surface area contributed by atoms with Crippen LogP contribution in [0.5, 0.6) is 0 Å². The lowest BCUT2D eigenvalue weighted by molar-refractivity contribution is 0.0694. The minimum atomic E-state index is -2.76. The Labute approximate surface area is 106 Å². The number of carbonyl (C=O) groups is 1. The van der Waals surface area contributed by atoms with Crippen LogP contribution in [0, 0.1) is 0 Å². The minimum absolute atomic E-state index is 0.0186. The van der Waals surface area contributed by atoms with Gasteiger partial charge in [-0.1, -0.05) is 19.9 Å². The van der Waals surface area contributed by atoms with E-state index >= 15 is 0 Å². The first kappa shape index (κ1) is 14.8. The second-order valence-corrected chi connectivity index (χ2v) is 5.28. The van der Waals surface area contributed by atoms with E-state index in [2.05, 4.69) is 0 Å². The van der Waals surface area contributed by atoms with Gasteiger partial charge in [0.15, 0.2) is 0 Å². The highest BCUT2D eigenvalue weighted by molar-refractivity contribution is 7.85. The zero-order chi connectivity index (χ0) is 13.9. The Morgan fingerprint density at radius 2 is 2.00 bits per heavy atom. The summed E-state index contributed by atoms with van der Waals surface area (Å²) in [5, 5.41) is 9.02. The van der Waals surface area contributed by atoms with Crippen LogP contribution >= 0.6 is 0 Å². The molecule has 0 unspecified atom stereocenters. The third-order valence-electron chi connectivity index (χ3n) is 2.60. The molecule has 0 aliphatic rings. The molecule has 0 aliphatic heterocycles. The van der Waals surface area contributed by atoms with Gasteiger partial charge in [0.05, 0.1) is 21.3 Å². The van der Waals surface area contributed by atoms with Crippen molar-refractivity contribution in [3.8, 4) is 0 Å². The molecule has 0 aromatic heterocycles. The molecule has 6 heteroatoms. The Hall–Kier alpha value is -1.30. The van der Waals surface area contributed by atoms with Crippen molar-refractivity contribution >= 4 is 16.8 Å². The molecule has 3 nitrogen and oxygen atoms in total. The Morgan fingerprint density at radius 3 is 2.39 bits per heavy atom. The van der Waals surface area contributed by atoms with Gasteiger partial charge >= 0.3 is 5.97 Å². The molecular formula is C12H14F2O3S. The standard InChI is InChI=1S/C12H14F2O3S/c1-3-7-8(12(15)16)5-6-9(11(13)14)10(7)18(17)4-2/h5-6,11H,3-4H2,1-2H3,(H,15,16)/t18-/m0/s1. The summed E-state index contributed by atoms with van der Waals surface area (Å²) in [5.41, 5.74) is -0.156. The van der Waals surface area contributed by atoms with Gasteiger partial charge in [-0.25, -0.2) is 13.6 Å². The third kappa shape index (κ3) is 2.75. The third-order valence-corrected chi connectivity index (χ3v) is 4.06. The molecule has 1 atom stereocenters. The van der Waals surface area contributed by atoms with Crippen LogP contribution in [-0.2, 0) is 17.2 Å². The highest BCUT2D eigenvalue weighted by Crippen LogP contribution is 2.31. The summed E-state index contributed by atoms with van der Waals surface area (Å²) in [6.07, 6.45) is -2.51. The van der Waals surface area contributed by atoms with Crippen LogP contribution in [0.3, 0.4) is 0 Å². The molecule has 0 bridgehead atoms. The first-order chi connectivity index (χ1) is 8.43. The maximum atomic E-state index is 12.9. The fourth-order valence-corrected chi connectivity index (χ4v) is 3.02. The summed E-state index contributed by atoms with van der Waals surface area (Å²) in [4.78, 5) is 11.0. The van der Waals surface area contributed by atoms with Gasteiger partial charge in [0, 0.05) is 11.3 Å². The first-order valence-corrected chi connectivity index (χ1v) is 6.81. The normalized spacial score (nSPS) is 12.7. The topological polar surface area (TPSA) is 54.4 Å². The second-order valence-electron chi connectivity index (χ2n) is 3.60. The van der Waals surface area contributed by atoms with Gasteiger partial charge in [-0.15, -0.1) is 0 Å². The van der Waals surface area contributed by atoms with Crippen molar-refractivity contribution in [3.63, 3.8) is 0 Å². The van der Waals surface area contributed by atoms with Crippen molar-refractivity contribution < 1.29 is 22.9 Å². The predicted octanol–water partition coefficient (Wildman–Crippen LogP) is 3.01. The molecule has 0 saturated carbocycles. The van der Waals surface area contributed by atoms with E-state index in [1.54, 1.807) is 13.8 Å². The number of carboxylic acids is 1. The van der Waals surface area contributed by atoms with E-state index in [4.69, 9.17) is 5.11 Å². The number of hydrogen-bond acceptors (Lipinski definition) is 2. The molecule has 0 radical (unpaired) electrons. The number of hydrogen-bond donors (Lipinski definition) is 1. The van der Waals surface area contributed by atoms with Gasteiger partial charge in [0.25, 0.3) is 6.43 Å². The summed E-state index contributed by atoms with van der Waals surface area (Å²) in [6.45, 7) is 3.27. The molecule has 0 spiro atoms. The van der Waals surface area contributed by atoms with Gasteiger partial charge in [-0.2, -0.15) is 0 Å². The lowest BCUT2D eigenvalue weighted by Crippen LogP contribution is -2.11. The molecule has 0 heterocycles. The Kier molecular flexibility index (Phi) is 4.95. The lowest BCUT2D eigenvalue weighted by Gasteiger charge is -2.14. The zero-order valence-corrected chi connectivity index (χ0v) is 10.9. The molecule has 1 N–H and O–H groups in total. The van der Waals surface area contributed by atoms with Gasteiger partial charge in [0.2, 0.25) is 0 Å². The van der Waals surface area contributed by atoms with Gasteiger partial charge in [0.1, 0.15) is 0 Å². The summed E-state index contributed by atoms with van der Waals surface area (Å²) in [7, 11) is -1.60. The van der Waals surface area contributed by atoms with Crippen LogP contribution in [-0.4, -0.2) is 21.0 Å². The molecule has 0 aliphatic carbocycles. The van der Waals surface area contributed by atoms with E-state index in [0.717, 1.165) is 12.1 Å². The number of rotatable bonds is 5. The van der Waals surface area contributed by atoms with Crippen LogP contribution in [0.2, 0.25) is 0 Å². The fraction of sp³-hybridized carbons (Fsp3) is 0.417. The molecule has 0 saturated heterocycles. The van der Waals surface area contributed by atoms with E-state index in [-0.39, 0.29) is 33.8 Å². The van der Waals surface area contributed by atoms with Gasteiger partial charge in [-0.3, -0.25) is 4.21 Å². The first-order valence-electron chi connectivity index (χ1n) is 5.49. The molecule has 100 valence electrons. The van der Waals surface area contributed by atoms with Gasteiger partial charge in [-0.05, 0) is 18.1 Å². The monoisotopic (exact) mass is 276 g/mol. The van der Waals surface area contributed by atoms with Crippen LogP contribution < -0.4 is 0 Å². The van der Waals surface area contributed by atoms with E-state index in [1.807, 2.05) is 0 Å². The predicted molar refractivity (Wildman–Crippen MR) is 64.7 cm³/mol. The maximum Gasteiger partial charge on any atom is 0.336 e. The average molecular weight is 276 g/mol. The highest BCUT2D eigenvalue weighted by atomic mass is 32.2. The SMILES string of the molecule is CCc1c(C(=O)O)ccc(C(F)F)c1[S@@](=O)CC. The van der Waals surface area contributed by atoms with Crippen molar-refractivity contribution in [2.45, 2.75) is 31.6 Å². The molecular weight excluding hydrogens is 262 g/mol.